The Bertz CT molecular complexity index is 880. The summed E-state index contributed by atoms with van der Waals surface area (Å²) in [7, 11) is 0. The monoisotopic (exact) mass is 371 g/mol. The minimum absolute atomic E-state index is 0.265. The lowest BCUT2D eigenvalue weighted by molar-refractivity contribution is 0.191. The lowest BCUT2D eigenvalue weighted by atomic mass is 10.1. The summed E-state index contributed by atoms with van der Waals surface area (Å²) in [6.07, 6.45) is 3.98. The van der Waals surface area contributed by atoms with Gasteiger partial charge >= 0.3 is 0 Å². The van der Waals surface area contributed by atoms with Gasteiger partial charge in [-0.05, 0) is 25.5 Å². The van der Waals surface area contributed by atoms with Gasteiger partial charge in [0, 0.05) is 41.6 Å². The van der Waals surface area contributed by atoms with Crippen molar-refractivity contribution in [3.63, 3.8) is 0 Å². The van der Waals surface area contributed by atoms with Crippen molar-refractivity contribution in [1.29, 1.82) is 0 Å². The Labute approximate surface area is 157 Å². The second kappa shape index (κ2) is 8.29. The van der Waals surface area contributed by atoms with E-state index < -0.39 is 6.10 Å². The highest BCUT2D eigenvalue weighted by molar-refractivity contribution is 6.31. The van der Waals surface area contributed by atoms with E-state index in [1.165, 1.54) is 0 Å². The number of halogens is 1. The average molecular weight is 372 g/mol. The third-order valence-corrected chi connectivity index (χ3v) is 4.39. The maximum atomic E-state index is 10.3. The molecule has 1 aromatic carbocycles. The van der Waals surface area contributed by atoms with E-state index >= 15 is 0 Å². The first-order chi connectivity index (χ1) is 12.6. The number of rotatable bonds is 7. The summed E-state index contributed by atoms with van der Waals surface area (Å²) < 4.78 is 1.93. The Balaban J connectivity index is 1.73. The van der Waals surface area contributed by atoms with Gasteiger partial charge in [0.1, 0.15) is 0 Å². The smallest absolute Gasteiger partial charge is 0.223 e. The summed E-state index contributed by atoms with van der Waals surface area (Å²) in [6.45, 7) is 5.23. The third-order valence-electron chi connectivity index (χ3n) is 4.05. The topological polar surface area (TPSA) is 75.9 Å². The first-order valence-corrected chi connectivity index (χ1v) is 9.00. The highest BCUT2D eigenvalue weighted by Gasteiger charge is 2.13. The largest absolute Gasteiger partial charge is 0.387 e. The highest BCUT2D eigenvalue weighted by atomic mass is 35.5. The first kappa shape index (κ1) is 18.4. The van der Waals surface area contributed by atoms with Crippen molar-refractivity contribution >= 4 is 17.5 Å². The van der Waals surface area contributed by atoms with Crippen LogP contribution in [0.3, 0.4) is 0 Å². The Hall–Kier alpha value is -2.44. The number of nitrogens with zero attached hydrogens (tertiary/aromatic N) is 4. The Morgan fingerprint density at radius 1 is 1.27 bits per heavy atom. The van der Waals surface area contributed by atoms with Crippen LogP contribution in [-0.4, -0.2) is 31.4 Å². The molecular formula is C19H22ClN5O. The van der Waals surface area contributed by atoms with Crippen LogP contribution in [0.25, 0.3) is 11.3 Å². The van der Waals surface area contributed by atoms with Crippen LogP contribution in [0, 0.1) is 6.92 Å². The standard InChI is InChI=1S/C19H22ClN5O/c1-3-10-25-12-15(13(2)24-25)17-8-9-21-19(23-17)22-11-18(26)14-6-4-5-7-16(14)20/h4-9,12,18,26H,3,10-11H2,1-2H3,(H,21,22,23). The number of benzene rings is 1. The molecule has 2 heterocycles. The van der Waals surface area contributed by atoms with Gasteiger partial charge in [-0.15, -0.1) is 0 Å². The summed E-state index contributed by atoms with van der Waals surface area (Å²) in [5.74, 6) is 0.455. The molecule has 0 saturated heterocycles. The molecule has 6 nitrogen and oxygen atoms in total. The number of nitrogens with one attached hydrogen (secondary N) is 1. The molecule has 0 aliphatic rings. The van der Waals surface area contributed by atoms with Gasteiger partial charge in [0.2, 0.25) is 5.95 Å². The number of hydrogen-bond acceptors (Lipinski definition) is 5. The number of aliphatic hydroxyl groups is 1. The van der Waals surface area contributed by atoms with E-state index in [1.807, 2.05) is 36.0 Å². The molecule has 0 radical (unpaired) electrons. The van der Waals surface area contributed by atoms with Crippen molar-refractivity contribution in [2.75, 3.05) is 11.9 Å². The number of aryl methyl sites for hydroxylation is 2. The Morgan fingerprint density at radius 2 is 2.08 bits per heavy atom. The van der Waals surface area contributed by atoms with Crippen molar-refractivity contribution in [3.05, 3.63) is 59.0 Å². The number of aliphatic hydroxyl groups excluding tert-OH is 1. The molecule has 26 heavy (non-hydrogen) atoms. The van der Waals surface area contributed by atoms with E-state index in [-0.39, 0.29) is 6.54 Å². The summed E-state index contributed by atoms with van der Waals surface area (Å²) in [4.78, 5) is 8.78. The van der Waals surface area contributed by atoms with Crippen molar-refractivity contribution in [2.45, 2.75) is 32.9 Å². The van der Waals surface area contributed by atoms with Gasteiger partial charge in [0.05, 0.1) is 17.5 Å². The van der Waals surface area contributed by atoms with E-state index in [4.69, 9.17) is 11.6 Å². The molecule has 2 N–H and O–H groups in total. The van der Waals surface area contributed by atoms with E-state index in [2.05, 4.69) is 27.3 Å². The molecule has 0 amide bonds. The van der Waals surface area contributed by atoms with Crippen LogP contribution in [0.4, 0.5) is 5.95 Å². The van der Waals surface area contributed by atoms with Crippen molar-refractivity contribution in [3.8, 4) is 11.3 Å². The van der Waals surface area contributed by atoms with E-state index in [0.29, 0.717) is 16.5 Å². The molecule has 0 bridgehead atoms. The molecule has 1 atom stereocenters. The molecular weight excluding hydrogens is 350 g/mol. The van der Waals surface area contributed by atoms with Gasteiger partial charge in [-0.2, -0.15) is 5.10 Å². The fraction of sp³-hybridized carbons (Fsp3) is 0.316. The lowest BCUT2D eigenvalue weighted by Gasteiger charge is -2.13. The summed E-state index contributed by atoms with van der Waals surface area (Å²) in [6, 6.07) is 9.10. The molecule has 3 rings (SSSR count). The number of anilines is 1. The third kappa shape index (κ3) is 4.20. The molecule has 0 saturated carbocycles. The molecule has 7 heteroatoms. The zero-order valence-electron chi connectivity index (χ0n) is 14.9. The van der Waals surface area contributed by atoms with Crippen LogP contribution in [0.1, 0.15) is 30.7 Å². The quantitative estimate of drug-likeness (QED) is 0.659. The van der Waals surface area contributed by atoms with E-state index in [0.717, 1.165) is 29.9 Å². The minimum atomic E-state index is -0.745. The van der Waals surface area contributed by atoms with Crippen LogP contribution < -0.4 is 5.32 Å². The number of hydrogen-bond donors (Lipinski definition) is 2. The zero-order valence-corrected chi connectivity index (χ0v) is 15.6. The minimum Gasteiger partial charge on any atom is -0.387 e. The zero-order chi connectivity index (χ0) is 18.5. The first-order valence-electron chi connectivity index (χ1n) is 8.62. The maximum absolute atomic E-state index is 10.3. The fourth-order valence-corrected chi connectivity index (χ4v) is 3.01. The van der Waals surface area contributed by atoms with Gasteiger partial charge in [-0.3, -0.25) is 4.68 Å². The molecule has 2 aromatic heterocycles. The molecule has 1 unspecified atom stereocenters. The van der Waals surface area contributed by atoms with Crippen LogP contribution in [0.5, 0.6) is 0 Å². The second-order valence-corrected chi connectivity index (χ2v) is 6.48. The Kier molecular flexibility index (Phi) is 5.85. The van der Waals surface area contributed by atoms with Gasteiger partial charge in [0.15, 0.2) is 0 Å². The molecule has 136 valence electrons. The van der Waals surface area contributed by atoms with Gasteiger partial charge in [-0.1, -0.05) is 36.7 Å². The predicted octanol–water partition coefficient (Wildman–Crippen LogP) is 3.86. The van der Waals surface area contributed by atoms with Crippen molar-refractivity contribution in [2.24, 2.45) is 0 Å². The van der Waals surface area contributed by atoms with Crippen LogP contribution in [0.15, 0.2) is 42.7 Å². The molecule has 0 spiro atoms. The molecule has 3 aromatic rings. The second-order valence-electron chi connectivity index (χ2n) is 6.07. The van der Waals surface area contributed by atoms with Crippen LogP contribution in [-0.2, 0) is 6.54 Å². The van der Waals surface area contributed by atoms with Crippen molar-refractivity contribution < 1.29 is 5.11 Å². The number of aromatic nitrogens is 4. The van der Waals surface area contributed by atoms with Gasteiger partial charge in [-0.25, -0.2) is 9.97 Å². The lowest BCUT2D eigenvalue weighted by Crippen LogP contribution is -2.14. The molecule has 0 aliphatic heterocycles. The summed E-state index contributed by atoms with van der Waals surface area (Å²) >= 11 is 6.12. The predicted molar refractivity (Wildman–Crippen MR) is 103 cm³/mol. The molecule has 0 aliphatic carbocycles. The Morgan fingerprint density at radius 3 is 2.85 bits per heavy atom. The van der Waals surface area contributed by atoms with Gasteiger partial charge in [0.25, 0.3) is 0 Å². The maximum Gasteiger partial charge on any atom is 0.223 e. The normalized spacial score (nSPS) is 12.2. The summed E-state index contributed by atoms with van der Waals surface area (Å²) in [5.41, 5.74) is 3.39. The molecule has 0 fully saturated rings. The highest BCUT2D eigenvalue weighted by Crippen LogP contribution is 2.24. The van der Waals surface area contributed by atoms with E-state index in [9.17, 15) is 5.11 Å². The fourth-order valence-electron chi connectivity index (χ4n) is 2.75. The van der Waals surface area contributed by atoms with Gasteiger partial charge < -0.3 is 10.4 Å². The van der Waals surface area contributed by atoms with E-state index in [1.54, 1.807) is 18.3 Å². The average Bonchev–Trinajstić information content (AvgIpc) is 3.01. The summed E-state index contributed by atoms with van der Waals surface area (Å²) in [5, 5.41) is 18.5. The van der Waals surface area contributed by atoms with Crippen molar-refractivity contribution in [1.82, 2.24) is 19.7 Å². The van der Waals surface area contributed by atoms with Crippen LogP contribution >= 0.6 is 11.6 Å². The SMILES string of the molecule is CCCn1cc(-c2ccnc(NCC(O)c3ccccc3Cl)n2)c(C)n1. The van der Waals surface area contributed by atoms with Crippen LogP contribution in [0.2, 0.25) is 5.02 Å².